The van der Waals surface area contributed by atoms with Gasteiger partial charge in [0.2, 0.25) is 10.0 Å². The van der Waals surface area contributed by atoms with Crippen LogP contribution in [0.15, 0.2) is 24.3 Å². The molecule has 1 amide bonds. The Morgan fingerprint density at radius 3 is 2.56 bits per heavy atom. The highest BCUT2D eigenvalue weighted by molar-refractivity contribution is 7.88. The molecule has 0 bridgehead atoms. The lowest BCUT2D eigenvalue weighted by molar-refractivity contribution is 0.0696. The number of aromatic nitrogens is 2. The van der Waals surface area contributed by atoms with Gasteiger partial charge in [0.25, 0.3) is 5.91 Å². The van der Waals surface area contributed by atoms with Gasteiger partial charge in [-0.2, -0.15) is 0 Å². The summed E-state index contributed by atoms with van der Waals surface area (Å²) in [5, 5.41) is 4.46. The Balaban J connectivity index is 1.47. The first-order valence-electron chi connectivity index (χ1n) is 8.64. The summed E-state index contributed by atoms with van der Waals surface area (Å²) in [6.07, 6.45) is 1.53. The number of aryl methyl sites for hydroxylation is 1. The maximum Gasteiger partial charge on any atom is 0.267 e. The third-order valence-corrected chi connectivity index (χ3v) is 7.00. The number of benzene rings is 1. The molecule has 146 valence electrons. The summed E-state index contributed by atoms with van der Waals surface area (Å²) in [5.41, 5.74) is 1.35. The van der Waals surface area contributed by atoms with Crippen molar-refractivity contribution in [1.29, 1.82) is 0 Å². The molecule has 0 unspecified atom stereocenters. The Kier molecular flexibility index (Phi) is 6.46. The van der Waals surface area contributed by atoms with Gasteiger partial charge < -0.3 is 4.90 Å². The zero-order chi connectivity index (χ0) is 19.4. The maximum atomic E-state index is 12.5. The first kappa shape index (κ1) is 20.2. The largest absolute Gasteiger partial charge is 0.338 e. The van der Waals surface area contributed by atoms with Crippen molar-refractivity contribution in [2.45, 2.75) is 25.5 Å². The van der Waals surface area contributed by atoms with Crippen LogP contribution in [0.3, 0.4) is 0 Å². The van der Waals surface area contributed by atoms with Crippen molar-refractivity contribution in [2.24, 2.45) is 5.92 Å². The Bertz CT molecular complexity index is 891. The summed E-state index contributed by atoms with van der Waals surface area (Å²) in [4.78, 5) is 14.8. The van der Waals surface area contributed by atoms with E-state index in [4.69, 9.17) is 11.6 Å². The zero-order valence-corrected chi connectivity index (χ0v) is 17.3. The van der Waals surface area contributed by atoms with Crippen molar-refractivity contribution in [3.05, 3.63) is 45.4 Å². The van der Waals surface area contributed by atoms with Crippen LogP contribution in [-0.4, -0.2) is 48.4 Å². The van der Waals surface area contributed by atoms with E-state index in [2.05, 4.69) is 14.3 Å². The van der Waals surface area contributed by atoms with E-state index < -0.39 is 10.0 Å². The third kappa shape index (κ3) is 5.47. The second kappa shape index (κ2) is 8.64. The fraction of sp³-hybridized carbons (Fsp3) is 0.471. The van der Waals surface area contributed by atoms with Gasteiger partial charge in [-0.25, -0.2) is 13.1 Å². The van der Waals surface area contributed by atoms with Crippen molar-refractivity contribution in [3.8, 4) is 0 Å². The summed E-state index contributed by atoms with van der Waals surface area (Å²) >= 11 is 6.94. The van der Waals surface area contributed by atoms with Crippen molar-refractivity contribution in [1.82, 2.24) is 19.2 Å². The van der Waals surface area contributed by atoms with Gasteiger partial charge in [0.15, 0.2) is 0 Å². The van der Waals surface area contributed by atoms with Crippen LogP contribution in [0.5, 0.6) is 0 Å². The van der Waals surface area contributed by atoms with Crippen LogP contribution in [0.1, 0.15) is 33.8 Å². The highest BCUT2D eigenvalue weighted by atomic mass is 35.5. The normalized spacial score (nSPS) is 15.9. The van der Waals surface area contributed by atoms with Crippen LogP contribution in [0, 0.1) is 12.8 Å². The SMILES string of the molecule is Cc1nnsc1C(=O)N1CCC(CNS(=O)(=O)Cc2ccc(Cl)cc2)CC1. The highest BCUT2D eigenvalue weighted by Gasteiger charge is 2.26. The molecule has 1 aromatic heterocycles. The van der Waals surface area contributed by atoms with Gasteiger partial charge in [-0.3, -0.25) is 4.79 Å². The smallest absolute Gasteiger partial charge is 0.267 e. The summed E-state index contributed by atoms with van der Waals surface area (Å²) in [6.45, 7) is 3.39. The molecule has 1 saturated heterocycles. The summed E-state index contributed by atoms with van der Waals surface area (Å²) in [5.74, 6) is 0.109. The fourth-order valence-corrected chi connectivity index (χ4v) is 4.98. The lowest BCUT2D eigenvalue weighted by atomic mass is 9.97. The molecule has 1 aromatic carbocycles. The molecule has 1 aliphatic rings. The minimum absolute atomic E-state index is 0.0377. The molecule has 1 aliphatic heterocycles. The number of amides is 1. The molecule has 10 heteroatoms. The molecular formula is C17H21ClN4O3S2. The summed E-state index contributed by atoms with van der Waals surface area (Å²) in [7, 11) is -3.41. The number of hydrogen-bond donors (Lipinski definition) is 1. The van der Waals surface area contributed by atoms with Gasteiger partial charge in [-0.15, -0.1) is 5.10 Å². The third-order valence-electron chi connectivity index (χ3n) is 4.61. The minimum Gasteiger partial charge on any atom is -0.338 e. The van der Waals surface area contributed by atoms with E-state index in [0.717, 1.165) is 24.4 Å². The lowest BCUT2D eigenvalue weighted by Crippen LogP contribution is -2.41. The van der Waals surface area contributed by atoms with Crippen LogP contribution in [0.25, 0.3) is 0 Å². The van der Waals surface area contributed by atoms with Crippen LogP contribution in [0.4, 0.5) is 0 Å². The lowest BCUT2D eigenvalue weighted by Gasteiger charge is -2.31. The molecule has 7 nitrogen and oxygen atoms in total. The monoisotopic (exact) mass is 428 g/mol. The van der Waals surface area contributed by atoms with Crippen LogP contribution in [0.2, 0.25) is 5.02 Å². The molecule has 0 spiro atoms. The molecule has 1 N–H and O–H groups in total. The number of piperidine rings is 1. The number of rotatable bonds is 6. The number of nitrogens with one attached hydrogen (secondary N) is 1. The van der Waals surface area contributed by atoms with Gasteiger partial charge >= 0.3 is 0 Å². The van der Waals surface area contributed by atoms with Crippen LogP contribution in [-0.2, 0) is 15.8 Å². The molecule has 2 aromatic rings. The van der Waals surface area contributed by atoms with Crippen molar-refractivity contribution in [3.63, 3.8) is 0 Å². The number of carbonyl (C=O) groups is 1. The van der Waals surface area contributed by atoms with E-state index in [1.165, 1.54) is 0 Å². The number of hydrogen-bond acceptors (Lipinski definition) is 6. The maximum absolute atomic E-state index is 12.5. The number of carbonyl (C=O) groups excluding carboxylic acids is 1. The zero-order valence-electron chi connectivity index (χ0n) is 14.9. The van der Waals surface area contributed by atoms with Gasteiger partial charge in [-0.05, 0) is 54.9 Å². The van der Waals surface area contributed by atoms with Crippen LogP contribution < -0.4 is 4.72 Å². The van der Waals surface area contributed by atoms with Gasteiger partial charge in [0, 0.05) is 24.7 Å². The van der Waals surface area contributed by atoms with E-state index >= 15 is 0 Å². The van der Waals surface area contributed by atoms with E-state index in [1.54, 1.807) is 36.1 Å². The average molecular weight is 429 g/mol. The Morgan fingerprint density at radius 1 is 1.30 bits per heavy atom. The molecule has 1 fully saturated rings. The standard InChI is InChI=1S/C17H21ClN4O3S2/c1-12-16(26-21-20-12)17(23)22-8-6-13(7-9-22)10-19-27(24,25)11-14-2-4-15(18)5-3-14/h2-5,13,19H,6-11H2,1H3. The van der Waals surface area contributed by atoms with Gasteiger partial charge in [-0.1, -0.05) is 28.2 Å². The molecule has 27 heavy (non-hydrogen) atoms. The average Bonchev–Trinajstić information content (AvgIpc) is 3.08. The quantitative estimate of drug-likeness (QED) is 0.762. The summed E-state index contributed by atoms with van der Waals surface area (Å²) in [6, 6.07) is 6.78. The first-order valence-corrected chi connectivity index (χ1v) is 11.4. The number of sulfonamides is 1. The Hall–Kier alpha value is -1.55. The minimum atomic E-state index is -3.41. The van der Waals surface area contributed by atoms with E-state index in [1.807, 2.05) is 0 Å². The van der Waals surface area contributed by atoms with Gasteiger partial charge in [0.05, 0.1) is 11.4 Å². The molecule has 0 aliphatic carbocycles. The second-order valence-corrected chi connectivity index (χ2v) is 9.65. The molecule has 2 heterocycles. The molecule has 3 rings (SSSR count). The molecule has 0 saturated carbocycles. The van der Waals surface area contributed by atoms with E-state index in [-0.39, 0.29) is 17.6 Å². The van der Waals surface area contributed by atoms with Crippen molar-refractivity contribution < 1.29 is 13.2 Å². The van der Waals surface area contributed by atoms with Crippen LogP contribution >= 0.6 is 23.1 Å². The highest BCUT2D eigenvalue weighted by Crippen LogP contribution is 2.21. The number of likely N-dealkylation sites (tertiary alicyclic amines) is 1. The number of halogens is 1. The molecular weight excluding hydrogens is 408 g/mol. The topological polar surface area (TPSA) is 92.3 Å². The number of nitrogens with zero attached hydrogens (tertiary/aromatic N) is 3. The molecule has 0 atom stereocenters. The molecule has 0 radical (unpaired) electrons. The van der Waals surface area contributed by atoms with E-state index in [9.17, 15) is 13.2 Å². The predicted octanol–water partition coefficient (Wildman–Crippen LogP) is 2.47. The predicted molar refractivity (Wildman–Crippen MR) is 105 cm³/mol. The Labute approximate surface area is 167 Å². The van der Waals surface area contributed by atoms with Gasteiger partial charge in [0.1, 0.15) is 4.88 Å². The van der Waals surface area contributed by atoms with Crippen molar-refractivity contribution >= 4 is 39.1 Å². The van der Waals surface area contributed by atoms with Crippen molar-refractivity contribution in [2.75, 3.05) is 19.6 Å². The van der Waals surface area contributed by atoms with E-state index in [0.29, 0.717) is 40.8 Å². The second-order valence-electron chi connectivity index (χ2n) is 6.66. The summed E-state index contributed by atoms with van der Waals surface area (Å²) < 4.78 is 31.0. The first-order chi connectivity index (χ1) is 12.8. The fourth-order valence-electron chi connectivity index (χ4n) is 3.01. The Morgan fingerprint density at radius 2 is 1.96 bits per heavy atom.